The smallest absolute Gasteiger partial charge is 0.308 e. The number of carboxylic acid groups (broad SMARTS) is 1. The molecule has 1 amide bonds. The minimum atomic E-state index is -0.959. The van der Waals surface area contributed by atoms with Crippen LogP contribution in [-0.4, -0.2) is 44.7 Å². The molecule has 0 radical (unpaired) electrons. The van der Waals surface area contributed by atoms with Gasteiger partial charge in [-0.25, -0.2) is 0 Å². The molecule has 0 bridgehead atoms. The van der Waals surface area contributed by atoms with Crippen molar-refractivity contribution >= 4 is 17.5 Å². The molecule has 1 unspecified atom stereocenters. The summed E-state index contributed by atoms with van der Waals surface area (Å²) in [7, 11) is 0. The van der Waals surface area contributed by atoms with Crippen LogP contribution in [0.15, 0.2) is 42.6 Å². The average molecular weight is 382 g/mol. The zero-order valence-electron chi connectivity index (χ0n) is 15.8. The van der Waals surface area contributed by atoms with E-state index >= 15 is 0 Å². The SMILES string of the molecule is CCOc1ccc(CC(CNC(=O)c2ccc3nnc(C)n3c2)C(=O)O)cc1. The number of carboxylic acids is 1. The highest BCUT2D eigenvalue weighted by Gasteiger charge is 2.20. The van der Waals surface area contributed by atoms with E-state index in [-0.39, 0.29) is 12.5 Å². The molecule has 0 aliphatic heterocycles. The van der Waals surface area contributed by atoms with Gasteiger partial charge in [-0.05, 0) is 50.1 Å². The van der Waals surface area contributed by atoms with Crippen LogP contribution < -0.4 is 10.1 Å². The van der Waals surface area contributed by atoms with Crippen molar-refractivity contribution in [1.29, 1.82) is 0 Å². The molecular formula is C20H22N4O4. The minimum absolute atomic E-state index is 0.0283. The molecule has 0 aliphatic carbocycles. The first-order chi connectivity index (χ1) is 13.5. The highest BCUT2D eigenvalue weighted by atomic mass is 16.5. The Bertz CT molecular complexity index is 982. The van der Waals surface area contributed by atoms with Gasteiger partial charge in [0.15, 0.2) is 5.65 Å². The van der Waals surface area contributed by atoms with Crippen LogP contribution in [0, 0.1) is 12.8 Å². The second-order valence-corrected chi connectivity index (χ2v) is 6.42. The average Bonchev–Trinajstić information content (AvgIpc) is 3.06. The Morgan fingerprint density at radius 2 is 1.93 bits per heavy atom. The number of nitrogens with one attached hydrogen (secondary N) is 1. The summed E-state index contributed by atoms with van der Waals surface area (Å²) in [6, 6.07) is 10.6. The molecule has 8 nitrogen and oxygen atoms in total. The number of nitrogens with zero attached hydrogens (tertiary/aromatic N) is 3. The predicted molar refractivity (Wildman–Crippen MR) is 102 cm³/mol. The third-order valence-electron chi connectivity index (χ3n) is 4.41. The number of hydrogen-bond donors (Lipinski definition) is 2. The van der Waals surface area contributed by atoms with E-state index in [1.54, 1.807) is 29.7 Å². The number of aryl methyl sites for hydroxylation is 1. The first kappa shape index (κ1) is 19.3. The number of rotatable bonds is 8. The largest absolute Gasteiger partial charge is 0.494 e. The fourth-order valence-electron chi connectivity index (χ4n) is 2.88. The van der Waals surface area contributed by atoms with E-state index in [0.29, 0.717) is 30.1 Å². The number of pyridine rings is 1. The quantitative estimate of drug-likeness (QED) is 0.618. The van der Waals surface area contributed by atoms with E-state index < -0.39 is 11.9 Å². The van der Waals surface area contributed by atoms with Crippen molar-refractivity contribution < 1.29 is 19.4 Å². The molecule has 28 heavy (non-hydrogen) atoms. The maximum atomic E-state index is 12.4. The molecule has 146 valence electrons. The molecule has 0 saturated carbocycles. The second-order valence-electron chi connectivity index (χ2n) is 6.42. The summed E-state index contributed by atoms with van der Waals surface area (Å²) in [5.41, 5.74) is 1.93. The van der Waals surface area contributed by atoms with Gasteiger partial charge in [-0.3, -0.25) is 14.0 Å². The van der Waals surface area contributed by atoms with E-state index in [9.17, 15) is 14.7 Å². The predicted octanol–water partition coefficient (Wildman–Crippen LogP) is 2.11. The van der Waals surface area contributed by atoms with Crippen LogP contribution >= 0.6 is 0 Å². The van der Waals surface area contributed by atoms with Crippen LogP contribution in [0.4, 0.5) is 0 Å². The summed E-state index contributed by atoms with van der Waals surface area (Å²) in [5.74, 6) is -0.621. The van der Waals surface area contributed by atoms with Gasteiger partial charge in [-0.1, -0.05) is 12.1 Å². The Balaban J connectivity index is 1.64. The van der Waals surface area contributed by atoms with Crippen molar-refractivity contribution in [3.05, 3.63) is 59.5 Å². The molecule has 3 aromatic rings. The fraction of sp³-hybridized carbons (Fsp3) is 0.300. The lowest BCUT2D eigenvalue weighted by molar-refractivity contribution is -0.141. The lowest BCUT2D eigenvalue weighted by Gasteiger charge is -2.14. The van der Waals surface area contributed by atoms with Gasteiger partial charge in [0.25, 0.3) is 5.91 Å². The molecule has 0 aliphatic rings. The van der Waals surface area contributed by atoms with Crippen LogP contribution in [0.3, 0.4) is 0 Å². The first-order valence-electron chi connectivity index (χ1n) is 9.02. The van der Waals surface area contributed by atoms with Crippen molar-refractivity contribution in [1.82, 2.24) is 19.9 Å². The molecular weight excluding hydrogens is 360 g/mol. The summed E-state index contributed by atoms with van der Waals surface area (Å²) in [5, 5.41) is 20.1. The normalized spacial score (nSPS) is 11.9. The Kier molecular flexibility index (Phi) is 5.88. The molecule has 3 rings (SSSR count). The number of aromatic nitrogens is 3. The van der Waals surface area contributed by atoms with Crippen LogP contribution in [0.2, 0.25) is 0 Å². The third kappa shape index (κ3) is 4.46. The number of benzene rings is 1. The van der Waals surface area contributed by atoms with E-state index in [1.165, 1.54) is 0 Å². The Morgan fingerprint density at radius 3 is 2.61 bits per heavy atom. The van der Waals surface area contributed by atoms with Gasteiger partial charge in [0.2, 0.25) is 0 Å². The molecule has 0 fully saturated rings. The van der Waals surface area contributed by atoms with Crippen molar-refractivity contribution in [3.8, 4) is 5.75 Å². The van der Waals surface area contributed by atoms with Crippen molar-refractivity contribution in [3.63, 3.8) is 0 Å². The number of carbonyl (C=O) groups is 2. The number of hydrogen-bond acceptors (Lipinski definition) is 5. The van der Waals surface area contributed by atoms with E-state index in [1.807, 2.05) is 31.2 Å². The Morgan fingerprint density at radius 1 is 1.18 bits per heavy atom. The summed E-state index contributed by atoms with van der Waals surface area (Å²) < 4.78 is 7.10. The van der Waals surface area contributed by atoms with Crippen LogP contribution in [0.5, 0.6) is 5.75 Å². The van der Waals surface area contributed by atoms with Crippen molar-refractivity contribution in [2.45, 2.75) is 20.3 Å². The van der Waals surface area contributed by atoms with Gasteiger partial charge in [-0.2, -0.15) is 0 Å². The minimum Gasteiger partial charge on any atom is -0.494 e. The Labute approximate surface area is 162 Å². The molecule has 2 N–H and O–H groups in total. The number of amides is 1. The highest BCUT2D eigenvalue weighted by Crippen LogP contribution is 2.15. The van der Waals surface area contributed by atoms with Gasteiger partial charge in [0, 0.05) is 12.7 Å². The van der Waals surface area contributed by atoms with E-state index in [4.69, 9.17) is 4.74 Å². The maximum absolute atomic E-state index is 12.4. The summed E-state index contributed by atoms with van der Waals surface area (Å²) in [4.78, 5) is 24.1. The standard InChI is InChI=1S/C20H22N4O4/c1-3-28-17-7-4-14(5-8-17)10-16(20(26)27)11-21-19(25)15-6-9-18-23-22-13(2)24(18)12-15/h4-9,12,16H,3,10-11H2,1-2H3,(H,21,25)(H,26,27). The summed E-state index contributed by atoms with van der Waals surface area (Å²) in [6.07, 6.45) is 1.95. The third-order valence-corrected chi connectivity index (χ3v) is 4.41. The lowest BCUT2D eigenvalue weighted by Crippen LogP contribution is -2.34. The Hall–Kier alpha value is -3.42. The first-order valence-corrected chi connectivity index (χ1v) is 9.02. The van der Waals surface area contributed by atoms with Crippen molar-refractivity contribution in [2.75, 3.05) is 13.2 Å². The summed E-state index contributed by atoms with van der Waals surface area (Å²) in [6.45, 7) is 4.29. The fourth-order valence-corrected chi connectivity index (χ4v) is 2.88. The van der Waals surface area contributed by atoms with Crippen LogP contribution in [0.25, 0.3) is 5.65 Å². The zero-order chi connectivity index (χ0) is 20.1. The maximum Gasteiger partial charge on any atom is 0.308 e. The molecule has 2 aromatic heterocycles. The van der Waals surface area contributed by atoms with Crippen LogP contribution in [0.1, 0.15) is 28.7 Å². The lowest BCUT2D eigenvalue weighted by atomic mass is 9.99. The monoisotopic (exact) mass is 382 g/mol. The number of fused-ring (bicyclic) bond motifs is 1. The number of aliphatic carboxylic acids is 1. The zero-order valence-corrected chi connectivity index (χ0v) is 15.8. The van der Waals surface area contributed by atoms with Gasteiger partial charge >= 0.3 is 5.97 Å². The molecule has 0 saturated heterocycles. The van der Waals surface area contributed by atoms with Crippen molar-refractivity contribution in [2.24, 2.45) is 5.92 Å². The van der Waals surface area contributed by atoms with E-state index in [2.05, 4.69) is 15.5 Å². The topological polar surface area (TPSA) is 106 Å². The van der Waals surface area contributed by atoms with Gasteiger partial charge in [0.1, 0.15) is 11.6 Å². The highest BCUT2D eigenvalue weighted by molar-refractivity contribution is 5.94. The van der Waals surface area contributed by atoms with Crippen LogP contribution in [-0.2, 0) is 11.2 Å². The van der Waals surface area contributed by atoms with E-state index in [0.717, 1.165) is 11.3 Å². The van der Waals surface area contributed by atoms with Gasteiger partial charge < -0.3 is 15.2 Å². The number of ether oxygens (including phenoxy) is 1. The van der Waals surface area contributed by atoms with Gasteiger partial charge in [-0.15, -0.1) is 10.2 Å². The molecule has 0 spiro atoms. The summed E-state index contributed by atoms with van der Waals surface area (Å²) >= 11 is 0. The van der Waals surface area contributed by atoms with Gasteiger partial charge in [0.05, 0.1) is 18.1 Å². The number of carbonyl (C=O) groups excluding carboxylic acids is 1. The molecule has 1 atom stereocenters. The molecule has 8 heteroatoms. The second kappa shape index (κ2) is 8.51. The molecule has 1 aromatic carbocycles. The molecule has 2 heterocycles.